The summed E-state index contributed by atoms with van der Waals surface area (Å²) in [5, 5.41) is 5.90. The quantitative estimate of drug-likeness (QED) is 0.170. The molecule has 0 saturated heterocycles. The fraction of sp³-hybridized carbons (Fsp3) is 0.238. The van der Waals surface area contributed by atoms with Gasteiger partial charge in [-0.3, -0.25) is 30.7 Å². The van der Waals surface area contributed by atoms with Gasteiger partial charge in [-0.25, -0.2) is 14.8 Å². The summed E-state index contributed by atoms with van der Waals surface area (Å²) in [6, 6.07) is 2.22. The van der Waals surface area contributed by atoms with Crippen molar-refractivity contribution in [3.05, 3.63) is 47.4 Å². The van der Waals surface area contributed by atoms with Gasteiger partial charge in [-0.2, -0.15) is 13.2 Å². The number of halogens is 3. The number of carbonyl (C=O) groups excluding carboxylic acids is 3. The van der Waals surface area contributed by atoms with Gasteiger partial charge in [0.25, 0.3) is 11.8 Å². The maximum Gasteiger partial charge on any atom is 0.434 e. The first-order valence-electron chi connectivity index (χ1n) is 10.5. The van der Waals surface area contributed by atoms with E-state index in [9.17, 15) is 27.6 Å². The van der Waals surface area contributed by atoms with E-state index < -0.39 is 35.8 Å². The standard InChI is InChI=1S/C21H20F3N7O4S2/c1-3-26-20(34)29-16-5-13(19-28-15(9-37-19)21(22,23)24)14(8-27-16)11-4-12(7-25-6-11)18(33)31-30-17(32)10(2)35-36/h4-10,36H,3H2,1-2H3,(H,30,32)(H,31,33)(H2,26,27,29,34)/t10-/m0/s1. The molecule has 4 amide bonds. The Morgan fingerprint density at radius 1 is 1.14 bits per heavy atom. The summed E-state index contributed by atoms with van der Waals surface area (Å²) in [4.78, 5) is 48.1. The molecule has 0 aliphatic heterocycles. The second-order valence-electron chi connectivity index (χ2n) is 7.29. The summed E-state index contributed by atoms with van der Waals surface area (Å²) in [5.74, 6) is -1.30. The predicted octanol–water partition coefficient (Wildman–Crippen LogP) is 3.44. The summed E-state index contributed by atoms with van der Waals surface area (Å²) in [6.07, 6.45) is -1.66. The van der Waals surface area contributed by atoms with Crippen LogP contribution in [0.25, 0.3) is 21.7 Å². The van der Waals surface area contributed by atoms with Crippen LogP contribution in [0.1, 0.15) is 29.9 Å². The molecule has 0 aliphatic rings. The SMILES string of the molecule is CCNC(=O)Nc1cc(-c2nc(C(F)(F)F)cs2)c(-c2cncc(C(=O)NNC(=O)[C@H](C)OS)c2)cn1. The minimum atomic E-state index is -4.65. The minimum Gasteiger partial charge on any atom is -0.338 e. The lowest BCUT2D eigenvalue weighted by molar-refractivity contribution is -0.140. The van der Waals surface area contributed by atoms with Crippen molar-refractivity contribution in [1.29, 1.82) is 0 Å². The first-order chi connectivity index (χ1) is 17.5. The highest BCUT2D eigenvalue weighted by molar-refractivity contribution is 7.75. The van der Waals surface area contributed by atoms with Crippen LogP contribution < -0.4 is 21.5 Å². The monoisotopic (exact) mass is 555 g/mol. The van der Waals surface area contributed by atoms with E-state index in [1.165, 1.54) is 37.6 Å². The number of carbonyl (C=O) groups is 3. The molecule has 0 bridgehead atoms. The molecule has 0 aliphatic carbocycles. The average molecular weight is 556 g/mol. The maximum atomic E-state index is 13.2. The van der Waals surface area contributed by atoms with Crippen molar-refractivity contribution >= 4 is 47.9 Å². The lowest BCUT2D eigenvalue weighted by atomic mass is 10.0. The molecule has 3 heterocycles. The van der Waals surface area contributed by atoms with Gasteiger partial charge < -0.3 is 9.50 Å². The zero-order chi connectivity index (χ0) is 27.2. The third-order valence-corrected chi connectivity index (χ3v) is 5.84. The van der Waals surface area contributed by atoms with Gasteiger partial charge in [-0.1, -0.05) is 0 Å². The lowest BCUT2D eigenvalue weighted by Crippen LogP contribution is -2.45. The van der Waals surface area contributed by atoms with Gasteiger partial charge in [-0.15, -0.1) is 11.3 Å². The number of rotatable bonds is 7. The van der Waals surface area contributed by atoms with Crippen LogP contribution in [0.4, 0.5) is 23.8 Å². The van der Waals surface area contributed by atoms with Crippen molar-refractivity contribution in [2.45, 2.75) is 26.1 Å². The molecule has 1 atom stereocenters. The highest BCUT2D eigenvalue weighted by Gasteiger charge is 2.34. The zero-order valence-corrected chi connectivity index (χ0v) is 20.9. The van der Waals surface area contributed by atoms with Crippen LogP contribution >= 0.6 is 24.2 Å². The van der Waals surface area contributed by atoms with Crippen molar-refractivity contribution in [3.63, 3.8) is 0 Å². The number of aromatic nitrogens is 3. The van der Waals surface area contributed by atoms with Crippen LogP contribution in [0, 0.1) is 0 Å². The summed E-state index contributed by atoms with van der Waals surface area (Å²) in [7, 11) is 0. The molecular weight excluding hydrogens is 535 g/mol. The van der Waals surface area contributed by atoms with Crippen molar-refractivity contribution in [2.75, 3.05) is 11.9 Å². The van der Waals surface area contributed by atoms with Crippen LogP contribution in [0.15, 0.2) is 36.1 Å². The van der Waals surface area contributed by atoms with Crippen LogP contribution in [0.2, 0.25) is 0 Å². The topological polar surface area (TPSA) is 147 Å². The van der Waals surface area contributed by atoms with Gasteiger partial charge in [0.05, 0.1) is 5.56 Å². The molecule has 3 aromatic rings. The van der Waals surface area contributed by atoms with E-state index in [0.717, 1.165) is 16.7 Å². The third kappa shape index (κ3) is 7.14. The highest BCUT2D eigenvalue weighted by atomic mass is 32.1. The van der Waals surface area contributed by atoms with Gasteiger partial charge >= 0.3 is 12.2 Å². The molecule has 37 heavy (non-hydrogen) atoms. The third-order valence-electron chi connectivity index (χ3n) is 4.65. The number of thiol groups is 1. The molecule has 196 valence electrons. The highest BCUT2D eigenvalue weighted by Crippen LogP contribution is 2.38. The maximum absolute atomic E-state index is 13.2. The number of amides is 4. The van der Waals surface area contributed by atoms with Gasteiger partial charge in [-0.05, 0) is 38.9 Å². The number of anilines is 1. The Morgan fingerprint density at radius 3 is 2.54 bits per heavy atom. The minimum absolute atomic E-state index is 0.00605. The van der Waals surface area contributed by atoms with Crippen LogP contribution in [-0.2, 0) is 15.2 Å². The van der Waals surface area contributed by atoms with E-state index in [0.29, 0.717) is 17.7 Å². The second kappa shape index (κ2) is 12.0. The van der Waals surface area contributed by atoms with E-state index in [2.05, 4.69) is 53.5 Å². The average Bonchev–Trinajstić information content (AvgIpc) is 3.38. The molecule has 3 rings (SSSR count). The van der Waals surface area contributed by atoms with E-state index in [4.69, 9.17) is 0 Å². The first kappa shape index (κ1) is 27.8. The molecule has 16 heteroatoms. The summed E-state index contributed by atoms with van der Waals surface area (Å²) >= 11 is 4.28. The molecule has 3 aromatic heterocycles. The molecule has 0 radical (unpaired) electrons. The largest absolute Gasteiger partial charge is 0.434 e. The van der Waals surface area contributed by atoms with Gasteiger partial charge in [0.15, 0.2) is 5.69 Å². The predicted molar refractivity (Wildman–Crippen MR) is 131 cm³/mol. The Bertz CT molecular complexity index is 1300. The number of alkyl halides is 3. The van der Waals surface area contributed by atoms with Gasteiger partial charge in [0, 0.05) is 47.2 Å². The van der Waals surface area contributed by atoms with Crippen molar-refractivity contribution in [1.82, 2.24) is 31.1 Å². The number of pyridine rings is 2. The fourth-order valence-electron chi connectivity index (χ4n) is 2.83. The lowest BCUT2D eigenvalue weighted by Gasteiger charge is -2.13. The van der Waals surface area contributed by atoms with Crippen molar-refractivity contribution in [3.8, 4) is 21.7 Å². The number of hydrazine groups is 1. The summed E-state index contributed by atoms with van der Waals surface area (Å²) in [5.41, 5.74) is 4.16. The summed E-state index contributed by atoms with van der Waals surface area (Å²) < 4.78 is 44.1. The zero-order valence-electron chi connectivity index (χ0n) is 19.2. The van der Waals surface area contributed by atoms with E-state index in [1.807, 2.05) is 0 Å². The van der Waals surface area contributed by atoms with E-state index >= 15 is 0 Å². The fourth-order valence-corrected chi connectivity index (χ4v) is 3.78. The normalized spacial score (nSPS) is 11.9. The molecule has 0 unspecified atom stereocenters. The number of nitrogens with zero attached hydrogens (tertiary/aromatic N) is 3. The smallest absolute Gasteiger partial charge is 0.338 e. The first-order valence-corrected chi connectivity index (χ1v) is 11.7. The molecule has 0 aromatic carbocycles. The van der Waals surface area contributed by atoms with Crippen LogP contribution in [0.5, 0.6) is 0 Å². The van der Waals surface area contributed by atoms with E-state index in [-0.39, 0.29) is 22.0 Å². The number of hydrogen-bond acceptors (Lipinski definition) is 9. The number of nitrogens with one attached hydrogen (secondary N) is 4. The van der Waals surface area contributed by atoms with Crippen LogP contribution in [0.3, 0.4) is 0 Å². The van der Waals surface area contributed by atoms with Gasteiger partial charge in [0.1, 0.15) is 16.9 Å². The van der Waals surface area contributed by atoms with Gasteiger partial charge in [0.2, 0.25) is 0 Å². The summed E-state index contributed by atoms with van der Waals surface area (Å²) in [6.45, 7) is 3.48. The molecule has 0 saturated carbocycles. The van der Waals surface area contributed by atoms with Crippen molar-refractivity contribution in [2.24, 2.45) is 0 Å². The molecule has 11 nitrogen and oxygen atoms in total. The van der Waals surface area contributed by atoms with Crippen molar-refractivity contribution < 1.29 is 31.7 Å². The molecular formula is C21H20F3N7O4S2. The Kier molecular flexibility index (Phi) is 9.01. The number of thiazole rings is 1. The Hall–Kier alpha value is -3.76. The Balaban J connectivity index is 1.98. The molecule has 0 spiro atoms. The molecule has 0 fully saturated rings. The second-order valence-corrected chi connectivity index (χ2v) is 8.36. The Morgan fingerprint density at radius 2 is 1.89 bits per heavy atom. The Labute approximate surface area is 217 Å². The molecule has 4 N–H and O–H groups in total. The van der Waals surface area contributed by atoms with E-state index in [1.54, 1.807) is 6.92 Å². The van der Waals surface area contributed by atoms with Crippen LogP contribution in [-0.4, -0.2) is 45.4 Å². The number of urea groups is 1. The number of hydrogen-bond donors (Lipinski definition) is 5.